The molecule has 7 heteroatoms. The Kier molecular flexibility index (Phi) is 6.21. The molecule has 2 saturated heterocycles. The lowest BCUT2D eigenvalue weighted by atomic mass is 9.87. The highest BCUT2D eigenvalue weighted by Gasteiger charge is 2.38. The molecule has 1 unspecified atom stereocenters. The van der Waals surface area contributed by atoms with Gasteiger partial charge >= 0.3 is 0 Å². The van der Waals surface area contributed by atoms with Gasteiger partial charge in [-0.2, -0.15) is 0 Å². The highest BCUT2D eigenvalue weighted by atomic mass is 35.5. The van der Waals surface area contributed by atoms with Crippen molar-refractivity contribution in [3.8, 4) is 0 Å². The monoisotopic (exact) mass is 483 g/mol. The molecule has 5 nitrogen and oxygen atoms in total. The summed E-state index contributed by atoms with van der Waals surface area (Å²) in [4.78, 5) is 29.6. The van der Waals surface area contributed by atoms with Crippen molar-refractivity contribution in [1.82, 2.24) is 15.1 Å². The summed E-state index contributed by atoms with van der Waals surface area (Å²) in [7, 11) is 0. The summed E-state index contributed by atoms with van der Waals surface area (Å²) >= 11 is 12.2. The Labute approximate surface area is 204 Å². The minimum Gasteiger partial charge on any atom is -0.329 e. The molecule has 3 heterocycles. The molecule has 2 aromatic rings. The predicted molar refractivity (Wildman–Crippen MR) is 130 cm³/mol. The van der Waals surface area contributed by atoms with Crippen molar-refractivity contribution in [2.75, 3.05) is 13.1 Å². The Balaban J connectivity index is 1.22. The van der Waals surface area contributed by atoms with Crippen LogP contribution in [0.2, 0.25) is 10.0 Å². The number of fused-ring (bicyclic) bond motifs is 1. The number of likely N-dealkylation sites (tertiary alicyclic amines) is 1. The van der Waals surface area contributed by atoms with Crippen LogP contribution in [0.4, 0.5) is 0 Å². The number of piperidine rings is 2. The van der Waals surface area contributed by atoms with Crippen molar-refractivity contribution in [2.24, 2.45) is 0 Å². The molecule has 0 aromatic heterocycles. The summed E-state index contributed by atoms with van der Waals surface area (Å²) in [5.41, 5.74) is 4.96. The van der Waals surface area contributed by atoms with Crippen LogP contribution in [0, 0.1) is 0 Å². The van der Waals surface area contributed by atoms with Crippen LogP contribution in [-0.2, 0) is 17.9 Å². The number of carbonyl (C=O) groups excluding carboxylic acids is 2. The van der Waals surface area contributed by atoms with E-state index in [1.165, 1.54) is 11.1 Å². The second-order valence-electron chi connectivity index (χ2n) is 9.30. The van der Waals surface area contributed by atoms with Crippen molar-refractivity contribution in [2.45, 2.75) is 50.7 Å². The number of carbonyl (C=O) groups is 2. The molecule has 0 saturated carbocycles. The van der Waals surface area contributed by atoms with Gasteiger partial charge in [-0.05, 0) is 79.6 Å². The minimum atomic E-state index is -0.413. The molecular formula is C26H27Cl2N3O2. The second-order valence-corrected chi connectivity index (χ2v) is 10.1. The number of nitrogens with one attached hydrogen (secondary N) is 1. The van der Waals surface area contributed by atoms with Gasteiger partial charge in [0.15, 0.2) is 0 Å². The van der Waals surface area contributed by atoms with Crippen molar-refractivity contribution in [1.29, 1.82) is 0 Å². The van der Waals surface area contributed by atoms with Crippen LogP contribution in [0.3, 0.4) is 0 Å². The summed E-state index contributed by atoms with van der Waals surface area (Å²) in [6, 6.07) is 11.7. The average Bonchev–Trinajstić information content (AvgIpc) is 3.12. The molecule has 172 valence electrons. The van der Waals surface area contributed by atoms with Gasteiger partial charge in [-0.3, -0.25) is 14.5 Å². The first-order valence-electron chi connectivity index (χ1n) is 11.5. The van der Waals surface area contributed by atoms with Crippen molar-refractivity contribution in [3.05, 3.63) is 81.0 Å². The zero-order valence-electron chi connectivity index (χ0n) is 18.4. The van der Waals surface area contributed by atoms with E-state index in [2.05, 4.69) is 28.9 Å². The van der Waals surface area contributed by atoms with E-state index >= 15 is 0 Å². The smallest absolute Gasteiger partial charge is 0.255 e. The summed E-state index contributed by atoms with van der Waals surface area (Å²) in [5, 5.41) is 3.98. The maximum absolute atomic E-state index is 13.0. The molecule has 2 fully saturated rings. The zero-order chi connectivity index (χ0) is 23.1. The first kappa shape index (κ1) is 22.5. The lowest BCUT2D eigenvalue weighted by Crippen LogP contribution is -2.49. The number of benzene rings is 2. The molecule has 2 aromatic carbocycles. The van der Waals surface area contributed by atoms with Gasteiger partial charge in [0.25, 0.3) is 5.91 Å². The molecule has 2 amide bonds. The lowest BCUT2D eigenvalue weighted by Gasteiger charge is -2.32. The molecule has 1 atom stereocenters. The van der Waals surface area contributed by atoms with E-state index in [-0.39, 0.29) is 11.8 Å². The van der Waals surface area contributed by atoms with Gasteiger partial charge in [0.05, 0.1) is 10.0 Å². The van der Waals surface area contributed by atoms with E-state index in [4.69, 9.17) is 23.2 Å². The maximum atomic E-state index is 13.0. The largest absolute Gasteiger partial charge is 0.329 e. The van der Waals surface area contributed by atoms with Gasteiger partial charge < -0.3 is 10.2 Å². The summed E-state index contributed by atoms with van der Waals surface area (Å²) in [6.07, 6.45) is 3.49. The second kappa shape index (κ2) is 9.13. The topological polar surface area (TPSA) is 52.7 Å². The fraction of sp³-hybridized carbons (Fsp3) is 0.385. The Morgan fingerprint density at radius 2 is 1.79 bits per heavy atom. The van der Waals surface area contributed by atoms with Crippen LogP contribution in [0.5, 0.6) is 0 Å². The third kappa shape index (κ3) is 4.54. The number of hydrogen-bond donors (Lipinski definition) is 1. The average molecular weight is 484 g/mol. The van der Waals surface area contributed by atoms with Crippen molar-refractivity contribution in [3.63, 3.8) is 0 Å². The summed E-state index contributed by atoms with van der Waals surface area (Å²) in [6.45, 7) is 7.23. The van der Waals surface area contributed by atoms with Gasteiger partial charge in [0.1, 0.15) is 6.04 Å². The Hall–Kier alpha value is -2.34. The number of nitrogens with zero attached hydrogens (tertiary/aromatic N) is 2. The Bertz CT molecular complexity index is 1120. The lowest BCUT2D eigenvalue weighted by molar-refractivity contribution is -0.126. The van der Waals surface area contributed by atoms with Gasteiger partial charge in [-0.15, -0.1) is 0 Å². The zero-order valence-corrected chi connectivity index (χ0v) is 20.0. The maximum Gasteiger partial charge on any atom is 0.255 e. The number of halogens is 2. The van der Waals surface area contributed by atoms with E-state index in [0.717, 1.165) is 49.3 Å². The number of allylic oxidation sites excluding steroid dienone is 1. The van der Waals surface area contributed by atoms with Crippen LogP contribution in [-0.4, -0.2) is 40.7 Å². The molecule has 0 aliphatic carbocycles. The van der Waals surface area contributed by atoms with E-state index < -0.39 is 6.04 Å². The quantitative estimate of drug-likeness (QED) is 0.656. The van der Waals surface area contributed by atoms with Gasteiger partial charge in [0, 0.05) is 24.4 Å². The molecule has 0 bridgehead atoms. The van der Waals surface area contributed by atoms with Crippen LogP contribution >= 0.6 is 23.2 Å². The molecule has 33 heavy (non-hydrogen) atoms. The fourth-order valence-corrected chi connectivity index (χ4v) is 5.57. The Morgan fingerprint density at radius 3 is 2.52 bits per heavy atom. The molecule has 3 aliphatic rings. The first-order valence-corrected chi connectivity index (χ1v) is 12.2. The highest BCUT2D eigenvalue weighted by molar-refractivity contribution is 6.42. The van der Waals surface area contributed by atoms with Crippen molar-refractivity contribution < 1.29 is 9.59 Å². The van der Waals surface area contributed by atoms with Crippen molar-refractivity contribution >= 4 is 35.0 Å². The first-order chi connectivity index (χ1) is 15.9. The van der Waals surface area contributed by atoms with Gasteiger partial charge in [-0.1, -0.05) is 48.0 Å². The van der Waals surface area contributed by atoms with Crippen LogP contribution in [0.1, 0.15) is 58.6 Å². The van der Waals surface area contributed by atoms with E-state index in [9.17, 15) is 9.59 Å². The number of amides is 2. The molecule has 3 aliphatic heterocycles. The van der Waals surface area contributed by atoms with E-state index in [1.807, 2.05) is 24.3 Å². The molecule has 1 N–H and O–H groups in total. The molecule has 5 rings (SSSR count). The standard InChI is InChI=1S/C26H27Cl2N3O2/c1-16-2-7-24(25(32)29-16)31-15-20-13-19(4-5-21(20)26(31)33)18-8-10-30(11-9-18)14-17-3-6-22(27)23(28)12-17/h3-6,12-13,18,24H,1-2,7-11,14-15H2,(H,29,32). The number of rotatable bonds is 4. The summed E-state index contributed by atoms with van der Waals surface area (Å²) < 4.78 is 0. The summed E-state index contributed by atoms with van der Waals surface area (Å²) in [5.74, 6) is 0.313. The van der Waals surface area contributed by atoms with Crippen LogP contribution < -0.4 is 5.32 Å². The fourth-order valence-electron chi connectivity index (χ4n) is 5.25. The molecular weight excluding hydrogens is 457 g/mol. The predicted octanol–water partition coefficient (Wildman–Crippen LogP) is 5.12. The van der Waals surface area contributed by atoms with Crippen LogP contribution in [0.15, 0.2) is 48.7 Å². The third-order valence-corrected chi connectivity index (χ3v) is 7.85. The normalized spacial score (nSPS) is 21.9. The minimum absolute atomic E-state index is 0.0411. The molecule has 0 radical (unpaired) electrons. The van der Waals surface area contributed by atoms with E-state index in [1.54, 1.807) is 4.90 Å². The van der Waals surface area contributed by atoms with E-state index in [0.29, 0.717) is 35.3 Å². The molecule has 0 spiro atoms. The Morgan fingerprint density at radius 1 is 1.00 bits per heavy atom. The van der Waals surface area contributed by atoms with Crippen LogP contribution in [0.25, 0.3) is 0 Å². The van der Waals surface area contributed by atoms with Gasteiger partial charge in [-0.25, -0.2) is 0 Å². The SMILES string of the molecule is C=C1CCC(N2Cc3cc(C4CCN(Cc5ccc(Cl)c(Cl)c5)CC4)ccc3C2=O)C(=O)N1. The number of hydrogen-bond acceptors (Lipinski definition) is 3. The van der Waals surface area contributed by atoms with Gasteiger partial charge in [0.2, 0.25) is 5.91 Å². The highest BCUT2D eigenvalue weighted by Crippen LogP contribution is 2.34. The third-order valence-electron chi connectivity index (χ3n) is 7.11.